The SMILES string of the molecule is CC(C#N)C(=O)N1CCOC2CCCC21. The van der Waals surface area contributed by atoms with Gasteiger partial charge in [-0.05, 0) is 26.2 Å². The average molecular weight is 208 g/mol. The Labute approximate surface area is 89.8 Å². The minimum Gasteiger partial charge on any atom is -0.374 e. The lowest BCUT2D eigenvalue weighted by atomic mass is 10.1. The van der Waals surface area contributed by atoms with Crippen LogP contribution in [0.4, 0.5) is 0 Å². The Bertz CT molecular complexity index is 297. The number of fused-ring (bicyclic) bond motifs is 1. The second-order valence-corrected chi connectivity index (χ2v) is 4.29. The molecule has 2 rings (SSSR count). The lowest BCUT2D eigenvalue weighted by Crippen LogP contribution is -2.52. The first-order valence-electron chi connectivity index (χ1n) is 5.55. The van der Waals surface area contributed by atoms with Gasteiger partial charge in [-0.15, -0.1) is 0 Å². The van der Waals surface area contributed by atoms with Crippen LogP contribution in [0.15, 0.2) is 0 Å². The average Bonchev–Trinajstić information content (AvgIpc) is 2.74. The summed E-state index contributed by atoms with van der Waals surface area (Å²) in [5.74, 6) is -0.554. The molecule has 2 fully saturated rings. The van der Waals surface area contributed by atoms with E-state index in [0.717, 1.165) is 19.3 Å². The van der Waals surface area contributed by atoms with Gasteiger partial charge < -0.3 is 9.64 Å². The van der Waals surface area contributed by atoms with Crippen LogP contribution in [-0.2, 0) is 9.53 Å². The molecule has 2 aliphatic rings. The smallest absolute Gasteiger partial charge is 0.240 e. The van der Waals surface area contributed by atoms with Crippen LogP contribution in [0.2, 0.25) is 0 Å². The fraction of sp³-hybridized carbons (Fsp3) is 0.818. The lowest BCUT2D eigenvalue weighted by Gasteiger charge is -2.38. The summed E-state index contributed by atoms with van der Waals surface area (Å²) in [6.45, 7) is 2.93. The Hall–Kier alpha value is -1.08. The van der Waals surface area contributed by atoms with Gasteiger partial charge >= 0.3 is 0 Å². The molecule has 1 aliphatic heterocycles. The van der Waals surface area contributed by atoms with Crippen LogP contribution in [0.25, 0.3) is 0 Å². The molecule has 1 heterocycles. The zero-order chi connectivity index (χ0) is 10.8. The van der Waals surface area contributed by atoms with E-state index < -0.39 is 5.92 Å². The van der Waals surface area contributed by atoms with Crippen LogP contribution in [0, 0.1) is 17.2 Å². The Morgan fingerprint density at radius 2 is 2.40 bits per heavy atom. The highest BCUT2D eigenvalue weighted by molar-refractivity contribution is 5.81. The standard InChI is InChI=1S/C11H16N2O2/c1-8(7-12)11(14)13-5-6-15-10-4-2-3-9(10)13/h8-10H,2-6H2,1H3. The minimum atomic E-state index is -0.524. The van der Waals surface area contributed by atoms with E-state index in [1.54, 1.807) is 6.92 Å². The van der Waals surface area contributed by atoms with Gasteiger partial charge in [-0.25, -0.2) is 0 Å². The summed E-state index contributed by atoms with van der Waals surface area (Å²) in [5, 5.41) is 8.75. The molecule has 0 spiro atoms. The summed E-state index contributed by atoms with van der Waals surface area (Å²) in [7, 11) is 0. The number of hydrogen-bond acceptors (Lipinski definition) is 3. The molecule has 1 saturated heterocycles. The van der Waals surface area contributed by atoms with Crippen LogP contribution in [0.1, 0.15) is 26.2 Å². The molecule has 3 atom stereocenters. The van der Waals surface area contributed by atoms with Crippen molar-refractivity contribution >= 4 is 5.91 Å². The topological polar surface area (TPSA) is 53.3 Å². The normalized spacial score (nSPS) is 31.9. The summed E-state index contributed by atoms with van der Waals surface area (Å²) in [4.78, 5) is 13.8. The van der Waals surface area contributed by atoms with Gasteiger partial charge in [-0.2, -0.15) is 5.26 Å². The van der Waals surface area contributed by atoms with Crippen molar-refractivity contribution in [2.75, 3.05) is 13.2 Å². The van der Waals surface area contributed by atoms with Gasteiger partial charge in [0, 0.05) is 6.54 Å². The number of nitriles is 1. The number of carbonyl (C=O) groups excluding carboxylic acids is 1. The van der Waals surface area contributed by atoms with Gasteiger partial charge in [0.15, 0.2) is 0 Å². The van der Waals surface area contributed by atoms with Crippen LogP contribution >= 0.6 is 0 Å². The summed E-state index contributed by atoms with van der Waals surface area (Å²) in [5.41, 5.74) is 0. The van der Waals surface area contributed by atoms with Gasteiger partial charge in [0.1, 0.15) is 5.92 Å². The molecule has 82 valence electrons. The Kier molecular flexibility index (Phi) is 2.92. The second kappa shape index (κ2) is 4.19. The van der Waals surface area contributed by atoms with E-state index in [4.69, 9.17) is 10.00 Å². The maximum Gasteiger partial charge on any atom is 0.240 e. The highest BCUT2D eigenvalue weighted by Crippen LogP contribution is 2.30. The van der Waals surface area contributed by atoms with Crippen molar-refractivity contribution in [2.24, 2.45) is 5.92 Å². The fourth-order valence-corrected chi connectivity index (χ4v) is 2.50. The summed E-state index contributed by atoms with van der Waals surface area (Å²) in [6, 6.07) is 2.23. The predicted molar refractivity (Wildman–Crippen MR) is 53.9 cm³/mol. The van der Waals surface area contributed by atoms with Crippen LogP contribution in [-0.4, -0.2) is 36.1 Å². The van der Waals surface area contributed by atoms with Crippen molar-refractivity contribution in [2.45, 2.75) is 38.3 Å². The molecule has 15 heavy (non-hydrogen) atoms. The second-order valence-electron chi connectivity index (χ2n) is 4.29. The van der Waals surface area contributed by atoms with Crippen molar-refractivity contribution in [3.63, 3.8) is 0 Å². The van der Waals surface area contributed by atoms with Crippen LogP contribution in [0.3, 0.4) is 0 Å². The lowest BCUT2D eigenvalue weighted by molar-refractivity contribution is -0.146. The monoisotopic (exact) mass is 208 g/mol. The molecule has 4 heteroatoms. The molecule has 3 unspecified atom stereocenters. The van der Waals surface area contributed by atoms with Crippen molar-refractivity contribution in [3.8, 4) is 6.07 Å². The molecule has 4 nitrogen and oxygen atoms in total. The number of ether oxygens (including phenoxy) is 1. The molecule has 0 aromatic carbocycles. The molecule has 0 radical (unpaired) electrons. The number of nitrogens with zero attached hydrogens (tertiary/aromatic N) is 2. The fourth-order valence-electron chi connectivity index (χ4n) is 2.50. The predicted octanol–water partition coefficient (Wildman–Crippen LogP) is 0.926. The van der Waals surface area contributed by atoms with Gasteiger partial charge in [0.2, 0.25) is 5.91 Å². The van der Waals surface area contributed by atoms with Gasteiger partial charge in [0.25, 0.3) is 0 Å². The molecule has 0 bridgehead atoms. The maximum absolute atomic E-state index is 11.9. The van der Waals surface area contributed by atoms with E-state index >= 15 is 0 Å². The molecular formula is C11H16N2O2. The van der Waals surface area contributed by atoms with Crippen molar-refractivity contribution in [1.29, 1.82) is 5.26 Å². The number of carbonyl (C=O) groups is 1. The molecule has 0 N–H and O–H groups in total. The zero-order valence-corrected chi connectivity index (χ0v) is 8.98. The van der Waals surface area contributed by atoms with E-state index in [1.165, 1.54) is 0 Å². The van der Waals surface area contributed by atoms with Gasteiger partial charge in [-0.1, -0.05) is 0 Å². The third-order valence-corrected chi connectivity index (χ3v) is 3.33. The third-order valence-electron chi connectivity index (χ3n) is 3.33. The summed E-state index contributed by atoms with van der Waals surface area (Å²) < 4.78 is 5.62. The first-order chi connectivity index (χ1) is 7.24. The molecular weight excluding hydrogens is 192 g/mol. The van der Waals surface area contributed by atoms with Crippen molar-refractivity contribution < 1.29 is 9.53 Å². The highest BCUT2D eigenvalue weighted by atomic mass is 16.5. The minimum absolute atomic E-state index is 0.0299. The zero-order valence-electron chi connectivity index (χ0n) is 8.98. The highest BCUT2D eigenvalue weighted by Gasteiger charge is 2.39. The number of morpholine rings is 1. The first kappa shape index (κ1) is 10.4. The van der Waals surface area contributed by atoms with E-state index in [9.17, 15) is 4.79 Å². The molecule has 1 amide bonds. The third kappa shape index (κ3) is 1.84. The van der Waals surface area contributed by atoms with E-state index in [0.29, 0.717) is 13.2 Å². The number of amides is 1. The Morgan fingerprint density at radius 3 is 3.13 bits per heavy atom. The van der Waals surface area contributed by atoms with E-state index in [2.05, 4.69) is 0 Å². The summed E-state index contributed by atoms with van der Waals surface area (Å²) >= 11 is 0. The van der Waals surface area contributed by atoms with Crippen LogP contribution in [0.5, 0.6) is 0 Å². The van der Waals surface area contributed by atoms with Gasteiger partial charge in [-0.3, -0.25) is 4.79 Å². The number of rotatable bonds is 1. The molecule has 1 aliphatic carbocycles. The first-order valence-corrected chi connectivity index (χ1v) is 5.55. The molecule has 0 aromatic rings. The van der Waals surface area contributed by atoms with Crippen LogP contribution < -0.4 is 0 Å². The summed E-state index contributed by atoms with van der Waals surface area (Å²) in [6.07, 6.45) is 3.41. The van der Waals surface area contributed by atoms with Crippen molar-refractivity contribution in [1.82, 2.24) is 4.90 Å². The van der Waals surface area contributed by atoms with E-state index in [-0.39, 0.29) is 18.1 Å². The quantitative estimate of drug-likeness (QED) is 0.644. The number of hydrogen-bond donors (Lipinski definition) is 0. The largest absolute Gasteiger partial charge is 0.374 e. The van der Waals surface area contributed by atoms with E-state index in [1.807, 2.05) is 11.0 Å². The Morgan fingerprint density at radius 1 is 1.60 bits per heavy atom. The maximum atomic E-state index is 11.9. The van der Waals surface area contributed by atoms with Crippen molar-refractivity contribution in [3.05, 3.63) is 0 Å². The molecule has 1 saturated carbocycles. The Balaban J connectivity index is 2.08. The molecule has 0 aromatic heterocycles. The van der Waals surface area contributed by atoms with Gasteiger partial charge in [0.05, 0.1) is 24.8 Å².